The summed E-state index contributed by atoms with van der Waals surface area (Å²) in [6, 6.07) is 3.35. The first-order valence-electron chi connectivity index (χ1n) is 3.71. The summed E-state index contributed by atoms with van der Waals surface area (Å²) in [4.78, 5) is 10.2. The van der Waals surface area contributed by atoms with Gasteiger partial charge in [0.15, 0.2) is 0 Å². The Balaban J connectivity index is 3.20. The lowest BCUT2D eigenvalue weighted by atomic mass is 9.77. The number of benzene rings is 1. The molecular formula is C8H7BF3O-. The summed E-state index contributed by atoms with van der Waals surface area (Å²) in [7, 11) is 0. The van der Waals surface area contributed by atoms with Gasteiger partial charge in [0.25, 0.3) is 0 Å². The molecule has 0 amide bonds. The lowest BCUT2D eigenvalue weighted by Gasteiger charge is -2.17. The smallest absolute Gasteiger partial charge is 0.445 e. The van der Waals surface area contributed by atoms with Crippen molar-refractivity contribution in [3.05, 3.63) is 29.3 Å². The maximum atomic E-state index is 12.3. The van der Waals surface area contributed by atoms with Gasteiger partial charge in [-0.05, 0) is 6.92 Å². The van der Waals surface area contributed by atoms with Gasteiger partial charge in [-0.1, -0.05) is 23.8 Å². The Morgan fingerprint density at radius 3 is 2.31 bits per heavy atom. The molecule has 0 saturated heterocycles. The van der Waals surface area contributed by atoms with E-state index >= 15 is 0 Å². The summed E-state index contributed by atoms with van der Waals surface area (Å²) in [5, 5.41) is 0. The normalized spacial score (nSPS) is 11.4. The molecule has 0 unspecified atom stereocenters. The van der Waals surface area contributed by atoms with Crippen molar-refractivity contribution in [1.29, 1.82) is 0 Å². The molecule has 0 bridgehead atoms. The molecule has 0 atom stereocenters. The van der Waals surface area contributed by atoms with Crippen molar-refractivity contribution in [2.24, 2.45) is 0 Å². The lowest BCUT2D eigenvalue weighted by molar-refractivity contribution is 0.112. The minimum atomic E-state index is -4.97. The summed E-state index contributed by atoms with van der Waals surface area (Å²) in [6.45, 7) is -3.62. The molecule has 0 fully saturated rings. The Hall–Kier alpha value is -1.26. The summed E-state index contributed by atoms with van der Waals surface area (Å²) in [5.41, 5.74) is -0.274. The molecule has 0 radical (unpaired) electrons. The number of hydrogen-bond donors (Lipinski definition) is 0. The highest BCUT2D eigenvalue weighted by molar-refractivity contribution is 6.74. The van der Waals surface area contributed by atoms with E-state index in [2.05, 4.69) is 0 Å². The zero-order chi connectivity index (χ0) is 10.1. The van der Waals surface area contributed by atoms with Gasteiger partial charge < -0.3 is 12.9 Å². The van der Waals surface area contributed by atoms with E-state index in [0.717, 1.165) is 6.07 Å². The van der Waals surface area contributed by atoms with Crippen molar-refractivity contribution in [1.82, 2.24) is 0 Å². The van der Waals surface area contributed by atoms with E-state index in [1.165, 1.54) is 19.1 Å². The molecule has 70 valence electrons. The average Bonchev–Trinajstić information content (AvgIpc) is 2.01. The number of halogens is 3. The Labute approximate surface area is 73.6 Å². The molecule has 0 spiro atoms. The van der Waals surface area contributed by atoms with Gasteiger partial charge in [0, 0.05) is 5.56 Å². The van der Waals surface area contributed by atoms with Gasteiger partial charge >= 0.3 is 6.98 Å². The molecule has 0 aliphatic heterocycles. The number of hydrogen-bond acceptors (Lipinski definition) is 1. The molecule has 13 heavy (non-hydrogen) atoms. The number of aldehydes is 1. The molecule has 0 N–H and O–H groups in total. The summed E-state index contributed by atoms with van der Waals surface area (Å²) in [6.07, 6.45) is 0.528. The van der Waals surface area contributed by atoms with E-state index in [4.69, 9.17) is 0 Å². The van der Waals surface area contributed by atoms with E-state index < -0.39 is 12.4 Å². The maximum absolute atomic E-state index is 12.3. The number of aryl methyl sites for hydroxylation is 1. The number of rotatable bonds is 2. The molecule has 0 heterocycles. The van der Waals surface area contributed by atoms with Crippen LogP contribution in [0.25, 0.3) is 0 Å². The third-order valence-corrected chi connectivity index (χ3v) is 1.78. The second kappa shape index (κ2) is 3.24. The van der Waals surface area contributed by atoms with Gasteiger partial charge in [0.05, 0.1) is 0 Å². The zero-order valence-electron chi connectivity index (χ0n) is 6.93. The Morgan fingerprint density at radius 2 is 1.92 bits per heavy atom. The minimum Gasteiger partial charge on any atom is -0.445 e. The van der Waals surface area contributed by atoms with E-state index in [1.54, 1.807) is 0 Å². The highest BCUT2D eigenvalue weighted by Crippen LogP contribution is 2.12. The fourth-order valence-corrected chi connectivity index (χ4v) is 1.14. The molecule has 1 aromatic rings. The van der Waals surface area contributed by atoms with Crippen molar-refractivity contribution in [2.45, 2.75) is 6.92 Å². The molecule has 5 heteroatoms. The third kappa shape index (κ3) is 2.11. The standard InChI is InChI=1S/C8H7BF3O/c1-6-4-7(5-13)2-3-8(6)9(10,11)12/h2-5H,1H3/q-1. The van der Waals surface area contributed by atoms with Crippen LogP contribution >= 0.6 is 0 Å². The molecule has 1 nitrogen and oxygen atoms in total. The minimum absolute atomic E-state index is 0.0945. The topological polar surface area (TPSA) is 17.1 Å². The molecule has 0 saturated carbocycles. The monoisotopic (exact) mass is 187 g/mol. The van der Waals surface area contributed by atoms with Gasteiger partial charge in [-0.3, -0.25) is 4.79 Å². The Morgan fingerprint density at radius 1 is 1.31 bits per heavy atom. The fraction of sp³-hybridized carbons (Fsp3) is 0.125. The van der Waals surface area contributed by atoms with Crippen molar-refractivity contribution >= 4 is 18.7 Å². The van der Waals surface area contributed by atoms with Crippen LogP contribution in [0.15, 0.2) is 18.2 Å². The second-order valence-corrected chi connectivity index (χ2v) is 2.81. The van der Waals surface area contributed by atoms with Crippen LogP contribution in [0.1, 0.15) is 15.9 Å². The highest BCUT2D eigenvalue weighted by atomic mass is 19.4. The van der Waals surface area contributed by atoms with Crippen LogP contribution in [0, 0.1) is 6.92 Å². The first kappa shape index (κ1) is 9.83. The van der Waals surface area contributed by atoms with Crippen molar-refractivity contribution in [2.75, 3.05) is 0 Å². The number of carbonyl (C=O) groups excluding carboxylic acids is 1. The van der Waals surface area contributed by atoms with Gasteiger partial charge in [0.2, 0.25) is 0 Å². The average molecular weight is 187 g/mol. The van der Waals surface area contributed by atoms with Gasteiger partial charge in [-0.15, -0.1) is 5.46 Å². The van der Waals surface area contributed by atoms with E-state index in [9.17, 15) is 17.7 Å². The van der Waals surface area contributed by atoms with Crippen LogP contribution in [0.2, 0.25) is 0 Å². The van der Waals surface area contributed by atoms with Crippen LogP contribution in [0.3, 0.4) is 0 Å². The van der Waals surface area contributed by atoms with E-state index in [1.807, 2.05) is 0 Å². The predicted octanol–water partition coefficient (Wildman–Crippen LogP) is 1.86. The summed E-state index contributed by atoms with van der Waals surface area (Å²) < 4.78 is 36.8. The third-order valence-electron chi connectivity index (χ3n) is 1.78. The van der Waals surface area contributed by atoms with E-state index in [0.29, 0.717) is 6.29 Å². The summed E-state index contributed by atoms with van der Waals surface area (Å²) >= 11 is 0. The van der Waals surface area contributed by atoms with Gasteiger partial charge in [-0.2, -0.15) is 0 Å². The zero-order valence-corrected chi connectivity index (χ0v) is 6.93. The quantitative estimate of drug-likeness (QED) is 0.510. The Bertz CT molecular complexity index is 333. The first-order chi connectivity index (χ1) is 5.95. The van der Waals surface area contributed by atoms with Gasteiger partial charge in [0.1, 0.15) is 6.29 Å². The van der Waals surface area contributed by atoms with Crippen LogP contribution in [0.5, 0.6) is 0 Å². The molecule has 0 aliphatic rings. The molecule has 0 aliphatic carbocycles. The summed E-state index contributed by atoms with van der Waals surface area (Å²) in [5.74, 6) is 0. The molecular weight excluding hydrogens is 180 g/mol. The van der Waals surface area contributed by atoms with Gasteiger partial charge in [-0.25, -0.2) is 0 Å². The van der Waals surface area contributed by atoms with Crippen LogP contribution in [0.4, 0.5) is 12.9 Å². The van der Waals surface area contributed by atoms with E-state index in [-0.39, 0.29) is 11.1 Å². The molecule has 1 rings (SSSR count). The number of carbonyl (C=O) groups is 1. The molecule has 1 aromatic carbocycles. The largest absolute Gasteiger partial charge is 0.509 e. The van der Waals surface area contributed by atoms with Crippen molar-refractivity contribution in [3.63, 3.8) is 0 Å². The van der Waals surface area contributed by atoms with Crippen LogP contribution < -0.4 is 5.46 Å². The Kier molecular flexibility index (Phi) is 2.45. The molecule has 0 aromatic heterocycles. The predicted molar refractivity (Wildman–Crippen MR) is 45.3 cm³/mol. The second-order valence-electron chi connectivity index (χ2n) is 2.81. The SMILES string of the molecule is Cc1cc(C=O)ccc1[B-](F)(F)F. The van der Waals surface area contributed by atoms with Crippen LogP contribution in [-0.4, -0.2) is 13.3 Å². The highest BCUT2D eigenvalue weighted by Gasteiger charge is 2.26. The van der Waals surface area contributed by atoms with Crippen molar-refractivity contribution < 1.29 is 17.7 Å². The fourth-order valence-electron chi connectivity index (χ4n) is 1.14. The van der Waals surface area contributed by atoms with Crippen LogP contribution in [-0.2, 0) is 0 Å². The van der Waals surface area contributed by atoms with Crippen molar-refractivity contribution in [3.8, 4) is 0 Å². The maximum Gasteiger partial charge on any atom is 0.509 e. The first-order valence-corrected chi connectivity index (χ1v) is 3.71. The lowest BCUT2D eigenvalue weighted by Crippen LogP contribution is -2.36.